The van der Waals surface area contributed by atoms with E-state index in [1.54, 1.807) is 0 Å². The summed E-state index contributed by atoms with van der Waals surface area (Å²) in [5.74, 6) is 0. The molecule has 0 saturated heterocycles. The van der Waals surface area contributed by atoms with Crippen molar-refractivity contribution in [2.45, 2.75) is 66.7 Å². The van der Waals surface area contributed by atoms with Crippen molar-refractivity contribution in [3.8, 4) is 0 Å². The van der Waals surface area contributed by atoms with Gasteiger partial charge in [0, 0.05) is 0 Å². The fourth-order valence-corrected chi connectivity index (χ4v) is 0.558. The van der Waals surface area contributed by atoms with E-state index in [-0.39, 0.29) is 0 Å². The molecule has 1 nitrogen and oxygen atoms in total. The summed E-state index contributed by atoms with van der Waals surface area (Å²) in [7, 11) is 0. The van der Waals surface area contributed by atoms with Gasteiger partial charge in [-0.2, -0.15) is 0 Å². The lowest BCUT2D eigenvalue weighted by molar-refractivity contribution is 0.772. The quantitative estimate of drug-likeness (QED) is 0.665. The minimum atomic E-state index is 0.844. The number of allylic oxidation sites excluding steroid dienone is 1. The molecule has 88 valence electrons. The van der Waals surface area contributed by atoms with Gasteiger partial charge in [0.15, 0.2) is 0 Å². The second-order valence-corrected chi connectivity index (χ2v) is 3.70. The zero-order chi connectivity index (χ0) is 11.8. The van der Waals surface area contributed by atoms with Crippen LogP contribution in [-0.4, -0.2) is 6.54 Å². The molecule has 0 rings (SSSR count). The maximum atomic E-state index is 5.14. The molecule has 0 aliphatic heterocycles. The first-order valence-corrected chi connectivity index (χ1v) is 5.88. The van der Waals surface area contributed by atoms with Crippen LogP contribution in [0.4, 0.5) is 0 Å². The first-order valence-electron chi connectivity index (χ1n) is 5.88. The number of nitrogens with two attached hydrogens (primary N) is 1. The third kappa shape index (κ3) is 97.8. The molecule has 0 atom stereocenters. The molecule has 0 saturated carbocycles. The topological polar surface area (TPSA) is 26.0 Å². The smallest absolute Gasteiger partial charge is 0.00774 e. The molecule has 1 heteroatoms. The molecular formula is C13H31N. The van der Waals surface area contributed by atoms with Crippen molar-refractivity contribution >= 4 is 0 Å². The van der Waals surface area contributed by atoms with Crippen LogP contribution in [-0.2, 0) is 0 Å². The Morgan fingerprint density at radius 2 is 1.21 bits per heavy atom. The number of hydrogen-bond acceptors (Lipinski definition) is 1. The second kappa shape index (κ2) is 23.0. The second-order valence-electron chi connectivity index (χ2n) is 3.70. The molecule has 0 heterocycles. The summed E-state index contributed by atoms with van der Waals surface area (Å²) in [4.78, 5) is 0. The first-order chi connectivity index (χ1) is 6.56. The molecule has 2 N–H and O–H groups in total. The molecule has 0 spiro atoms. The molecule has 0 radical (unpaired) electrons. The Bertz CT molecular complexity index is 73.2. The van der Waals surface area contributed by atoms with Gasteiger partial charge in [0.25, 0.3) is 0 Å². The van der Waals surface area contributed by atoms with Crippen molar-refractivity contribution in [1.29, 1.82) is 0 Å². The van der Waals surface area contributed by atoms with Gasteiger partial charge < -0.3 is 5.73 Å². The highest BCUT2D eigenvalue weighted by Gasteiger charge is 1.68. The van der Waals surface area contributed by atoms with Gasteiger partial charge >= 0.3 is 0 Å². The van der Waals surface area contributed by atoms with E-state index >= 15 is 0 Å². The zero-order valence-electron chi connectivity index (χ0n) is 11.0. The van der Waals surface area contributed by atoms with E-state index in [9.17, 15) is 0 Å². The van der Waals surface area contributed by atoms with Crippen molar-refractivity contribution in [1.82, 2.24) is 0 Å². The van der Waals surface area contributed by atoms with E-state index in [0.29, 0.717) is 0 Å². The van der Waals surface area contributed by atoms with Crippen LogP contribution in [0, 0.1) is 0 Å². The van der Waals surface area contributed by atoms with Gasteiger partial charge in [0.1, 0.15) is 0 Å². The van der Waals surface area contributed by atoms with Crippen LogP contribution in [0.5, 0.6) is 0 Å². The summed E-state index contributed by atoms with van der Waals surface area (Å²) < 4.78 is 0. The molecule has 0 aromatic heterocycles. The lowest BCUT2D eigenvalue weighted by atomic mass is 10.3. The van der Waals surface area contributed by atoms with Gasteiger partial charge in [-0.3, -0.25) is 0 Å². The van der Waals surface area contributed by atoms with Gasteiger partial charge in [0.05, 0.1) is 0 Å². The van der Waals surface area contributed by atoms with E-state index in [1.807, 2.05) is 13.8 Å². The van der Waals surface area contributed by atoms with Crippen molar-refractivity contribution in [2.24, 2.45) is 5.73 Å². The lowest BCUT2D eigenvalue weighted by Gasteiger charge is -1.80. The van der Waals surface area contributed by atoms with Crippen molar-refractivity contribution in [2.75, 3.05) is 6.54 Å². The summed E-state index contributed by atoms with van der Waals surface area (Å²) in [6.07, 6.45) is 6.46. The predicted molar refractivity (Wildman–Crippen MR) is 69.6 cm³/mol. The maximum absolute atomic E-state index is 5.14. The summed E-state index contributed by atoms with van der Waals surface area (Å²) in [6.45, 7) is 14.9. The Kier molecular flexibility index (Phi) is 31.7. The number of hydrogen-bond donors (Lipinski definition) is 1. The normalized spacial score (nSPS) is 7.86. The van der Waals surface area contributed by atoms with Gasteiger partial charge in [-0.25, -0.2) is 0 Å². The Morgan fingerprint density at radius 3 is 1.21 bits per heavy atom. The van der Waals surface area contributed by atoms with Gasteiger partial charge in [0.2, 0.25) is 0 Å². The summed E-state index contributed by atoms with van der Waals surface area (Å²) in [5.41, 5.74) is 6.31. The highest BCUT2D eigenvalue weighted by atomic mass is 14.5. The van der Waals surface area contributed by atoms with Gasteiger partial charge in [-0.1, -0.05) is 52.0 Å². The highest BCUT2D eigenvalue weighted by molar-refractivity contribution is 4.78. The zero-order valence-corrected chi connectivity index (χ0v) is 11.0. The fraction of sp³-hybridized carbons (Fsp3) is 0.846. The Morgan fingerprint density at radius 1 is 0.929 bits per heavy atom. The van der Waals surface area contributed by atoms with E-state index < -0.39 is 0 Å². The molecule has 0 aromatic carbocycles. The Labute approximate surface area is 91.8 Å². The van der Waals surface area contributed by atoms with Crippen LogP contribution >= 0.6 is 0 Å². The number of rotatable bonds is 4. The number of unbranched alkanes of at least 4 members (excludes halogenated alkanes) is 3. The first kappa shape index (κ1) is 19.3. The van der Waals surface area contributed by atoms with Crippen molar-refractivity contribution in [3.63, 3.8) is 0 Å². The van der Waals surface area contributed by atoms with Gasteiger partial charge in [-0.15, -0.1) is 6.58 Å². The van der Waals surface area contributed by atoms with E-state index in [4.69, 9.17) is 5.73 Å². The average molecular weight is 201 g/mol. The van der Waals surface area contributed by atoms with Crippen LogP contribution in [0.25, 0.3) is 0 Å². The third-order valence-corrected chi connectivity index (χ3v) is 1.26. The van der Waals surface area contributed by atoms with Crippen LogP contribution in [0.2, 0.25) is 0 Å². The largest absolute Gasteiger partial charge is 0.330 e. The van der Waals surface area contributed by atoms with E-state index in [1.165, 1.54) is 37.7 Å². The monoisotopic (exact) mass is 201 g/mol. The SMILES string of the molecule is C=C(C)C.CCCCC.CCCCN. The molecule has 0 bridgehead atoms. The highest BCUT2D eigenvalue weighted by Crippen LogP contribution is 1.88. The minimum Gasteiger partial charge on any atom is -0.330 e. The molecule has 0 aromatic rings. The molecule has 0 fully saturated rings. The fourth-order valence-electron chi connectivity index (χ4n) is 0.558. The molecular weight excluding hydrogens is 170 g/mol. The molecule has 0 unspecified atom stereocenters. The lowest BCUT2D eigenvalue weighted by Crippen LogP contribution is -1.95. The molecule has 0 aliphatic carbocycles. The van der Waals surface area contributed by atoms with Crippen LogP contribution in [0.3, 0.4) is 0 Å². The van der Waals surface area contributed by atoms with Crippen molar-refractivity contribution in [3.05, 3.63) is 12.2 Å². The average Bonchev–Trinajstić information content (AvgIpc) is 2.07. The van der Waals surface area contributed by atoms with Gasteiger partial charge in [-0.05, 0) is 26.8 Å². The third-order valence-electron chi connectivity index (χ3n) is 1.26. The van der Waals surface area contributed by atoms with Crippen LogP contribution in [0.15, 0.2) is 12.2 Å². The van der Waals surface area contributed by atoms with Crippen LogP contribution in [0.1, 0.15) is 66.7 Å². The standard InChI is InChI=1S/C5H12.C4H11N.C4H8/c1-3-5-4-2;1-2-3-4-5;1-4(2)3/h3-5H2,1-2H3;2-5H2,1H3;1H2,2-3H3. The summed E-state index contributed by atoms with van der Waals surface area (Å²) in [5, 5.41) is 0. The van der Waals surface area contributed by atoms with Crippen molar-refractivity contribution < 1.29 is 0 Å². The summed E-state index contributed by atoms with van der Waals surface area (Å²) >= 11 is 0. The molecule has 14 heavy (non-hydrogen) atoms. The maximum Gasteiger partial charge on any atom is -0.00774 e. The summed E-state index contributed by atoms with van der Waals surface area (Å²) in [6, 6.07) is 0. The minimum absolute atomic E-state index is 0.844. The van der Waals surface area contributed by atoms with E-state index in [2.05, 4.69) is 27.4 Å². The van der Waals surface area contributed by atoms with E-state index in [0.717, 1.165) is 6.54 Å². The Balaban J connectivity index is -0.000000131. The molecule has 0 amide bonds. The molecule has 0 aliphatic rings. The predicted octanol–water partition coefficient (Wildman–Crippen LogP) is 4.52. The van der Waals surface area contributed by atoms with Crippen LogP contribution < -0.4 is 5.73 Å². The Hall–Kier alpha value is -0.300.